The first kappa shape index (κ1) is 16.0. The fourth-order valence-corrected chi connectivity index (χ4v) is 1.62. The third-order valence-corrected chi connectivity index (χ3v) is 2.60. The number of carbonyl (C=O) groups is 2. The lowest BCUT2D eigenvalue weighted by atomic mass is 10.2. The molecular weight excluding hydrogens is 254 g/mol. The van der Waals surface area contributed by atoms with Crippen molar-refractivity contribution in [3.05, 3.63) is 42.0 Å². The molecule has 0 saturated carbocycles. The SMILES string of the molecule is CCOC(=O)CCC(=O)NCC/C=C\c1ccccc1. The summed E-state index contributed by atoms with van der Waals surface area (Å²) in [6.07, 6.45) is 5.12. The predicted molar refractivity (Wildman–Crippen MR) is 79.0 cm³/mol. The summed E-state index contributed by atoms with van der Waals surface area (Å²) >= 11 is 0. The van der Waals surface area contributed by atoms with Crippen molar-refractivity contribution in [3.63, 3.8) is 0 Å². The van der Waals surface area contributed by atoms with Gasteiger partial charge in [-0.3, -0.25) is 9.59 Å². The summed E-state index contributed by atoms with van der Waals surface area (Å²) in [5.74, 6) is -0.446. The van der Waals surface area contributed by atoms with Crippen molar-refractivity contribution in [2.24, 2.45) is 0 Å². The van der Waals surface area contributed by atoms with Crippen LogP contribution >= 0.6 is 0 Å². The fourth-order valence-electron chi connectivity index (χ4n) is 1.62. The molecule has 0 atom stereocenters. The van der Waals surface area contributed by atoms with Crippen LogP contribution in [0.3, 0.4) is 0 Å². The van der Waals surface area contributed by atoms with E-state index in [-0.39, 0.29) is 24.7 Å². The van der Waals surface area contributed by atoms with Gasteiger partial charge in [0.25, 0.3) is 0 Å². The van der Waals surface area contributed by atoms with Gasteiger partial charge >= 0.3 is 5.97 Å². The summed E-state index contributed by atoms with van der Waals surface area (Å²) in [5.41, 5.74) is 1.14. The van der Waals surface area contributed by atoms with Crippen LogP contribution < -0.4 is 5.32 Å². The summed E-state index contributed by atoms with van der Waals surface area (Å²) in [5, 5.41) is 2.77. The lowest BCUT2D eigenvalue weighted by Crippen LogP contribution is -2.24. The van der Waals surface area contributed by atoms with E-state index in [4.69, 9.17) is 4.74 Å². The van der Waals surface area contributed by atoms with Crippen LogP contribution in [-0.2, 0) is 14.3 Å². The van der Waals surface area contributed by atoms with Gasteiger partial charge in [-0.2, -0.15) is 0 Å². The Morgan fingerprint density at radius 1 is 1.20 bits per heavy atom. The molecule has 0 aliphatic carbocycles. The minimum atomic E-state index is -0.327. The number of esters is 1. The van der Waals surface area contributed by atoms with Crippen LogP contribution in [0.2, 0.25) is 0 Å². The maximum absolute atomic E-state index is 11.4. The van der Waals surface area contributed by atoms with Crippen molar-refractivity contribution in [1.82, 2.24) is 5.32 Å². The maximum atomic E-state index is 11.4. The second-order valence-electron chi connectivity index (χ2n) is 4.26. The molecule has 0 heterocycles. The lowest BCUT2D eigenvalue weighted by molar-refractivity contribution is -0.144. The number of carbonyl (C=O) groups excluding carboxylic acids is 2. The molecule has 0 aliphatic rings. The first-order valence-electron chi connectivity index (χ1n) is 6.86. The van der Waals surface area contributed by atoms with Gasteiger partial charge < -0.3 is 10.1 Å². The summed E-state index contributed by atoms with van der Waals surface area (Å²) in [6.45, 7) is 2.67. The largest absolute Gasteiger partial charge is 0.466 e. The van der Waals surface area contributed by atoms with Crippen LogP contribution in [0.1, 0.15) is 31.7 Å². The van der Waals surface area contributed by atoms with Crippen molar-refractivity contribution in [1.29, 1.82) is 0 Å². The number of ether oxygens (including phenoxy) is 1. The average Bonchev–Trinajstić information content (AvgIpc) is 2.46. The van der Waals surface area contributed by atoms with E-state index >= 15 is 0 Å². The molecule has 1 aromatic rings. The van der Waals surface area contributed by atoms with Gasteiger partial charge in [0.2, 0.25) is 5.91 Å². The topological polar surface area (TPSA) is 55.4 Å². The van der Waals surface area contributed by atoms with Crippen LogP contribution in [0.15, 0.2) is 36.4 Å². The molecule has 0 fully saturated rings. The van der Waals surface area contributed by atoms with Crippen LogP contribution in [0.5, 0.6) is 0 Å². The number of hydrogen-bond donors (Lipinski definition) is 1. The molecule has 1 amide bonds. The Labute approximate surface area is 119 Å². The third kappa shape index (κ3) is 7.36. The molecule has 0 aromatic heterocycles. The maximum Gasteiger partial charge on any atom is 0.306 e. The van der Waals surface area contributed by atoms with E-state index in [0.29, 0.717) is 13.2 Å². The van der Waals surface area contributed by atoms with E-state index in [1.165, 1.54) is 0 Å². The number of rotatable bonds is 8. The van der Waals surface area contributed by atoms with Crippen LogP contribution in [-0.4, -0.2) is 25.0 Å². The van der Waals surface area contributed by atoms with Crippen molar-refractivity contribution >= 4 is 18.0 Å². The van der Waals surface area contributed by atoms with E-state index in [0.717, 1.165) is 12.0 Å². The highest BCUT2D eigenvalue weighted by Crippen LogP contribution is 2.01. The molecule has 0 radical (unpaired) electrons. The molecule has 0 unspecified atom stereocenters. The van der Waals surface area contributed by atoms with E-state index in [9.17, 15) is 9.59 Å². The quantitative estimate of drug-likeness (QED) is 0.586. The zero-order valence-electron chi connectivity index (χ0n) is 11.8. The van der Waals surface area contributed by atoms with Crippen molar-refractivity contribution in [3.8, 4) is 0 Å². The molecule has 1 N–H and O–H groups in total. The highest BCUT2D eigenvalue weighted by Gasteiger charge is 2.06. The molecule has 0 saturated heterocycles. The molecule has 4 heteroatoms. The second-order valence-corrected chi connectivity index (χ2v) is 4.26. The second kappa shape index (κ2) is 9.78. The Morgan fingerprint density at radius 2 is 1.95 bits per heavy atom. The van der Waals surface area contributed by atoms with E-state index in [2.05, 4.69) is 5.32 Å². The Kier molecular flexibility index (Phi) is 7.80. The molecule has 1 rings (SSSR count). The Hall–Kier alpha value is -2.10. The van der Waals surface area contributed by atoms with Gasteiger partial charge in [0, 0.05) is 13.0 Å². The van der Waals surface area contributed by atoms with E-state index in [1.54, 1.807) is 6.92 Å². The standard InChI is InChI=1S/C16H21NO3/c1-2-20-16(19)12-11-15(18)17-13-7-6-10-14-8-4-3-5-9-14/h3-6,8-10H,2,7,11-13H2,1H3,(H,17,18)/b10-6-. The summed E-state index contributed by atoms with van der Waals surface area (Å²) in [4.78, 5) is 22.5. The van der Waals surface area contributed by atoms with Gasteiger partial charge in [-0.25, -0.2) is 0 Å². The van der Waals surface area contributed by atoms with Crippen molar-refractivity contribution in [2.45, 2.75) is 26.2 Å². The monoisotopic (exact) mass is 275 g/mol. The first-order valence-corrected chi connectivity index (χ1v) is 6.86. The summed E-state index contributed by atoms with van der Waals surface area (Å²) in [6, 6.07) is 9.98. The summed E-state index contributed by atoms with van der Waals surface area (Å²) in [7, 11) is 0. The minimum Gasteiger partial charge on any atom is -0.466 e. The van der Waals surface area contributed by atoms with Gasteiger partial charge in [0.1, 0.15) is 0 Å². The van der Waals surface area contributed by atoms with Gasteiger partial charge in [-0.05, 0) is 18.9 Å². The number of amides is 1. The summed E-state index contributed by atoms with van der Waals surface area (Å²) < 4.78 is 4.75. The molecule has 4 nitrogen and oxygen atoms in total. The smallest absolute Gasteiger partial charge is 0.306 e. The number of nitrogens with one attached hydrogen (secondary N) is 1. The highest BCUT2D eigenvalue weighted by molar-refractivity contribution is 5.81. The number of benzene rings is 1. The first-order chi connectivity index (χ1) is 9.72. The highest BCUT2D eigenvalue weighted by atomic mass is 16.5. The van der Waals surface area contributed by atoms with Crippen molar-refractivity contribution in [2.75, 3.05) is 13.2 Å². The van der Waals surface area contributed by atoms with Crippen LogP contribution in [0.4, 0.5) is 0 Å². The van der Waals surface area contributed by atoms with Crippen LogP contribution in [0.25, 0.3) is 6.08 Å². The molecule has 0 spiro atoms. The minimum absolute atomic E-state index is 0.119. The Balaban J connectivity index is 2.10. The average molecular weight is 275 g/mol. The lowest BCUT2D eigenvalue weighted by Gasteiger charge is -2.03. The Bertz CT molecular complexity index is 440. The van der Waals surface area contributed by atoms with Gasteiger partial charge in [-0.1, -0.05) is 42.5 Å². The van der Waals surface area contributed by atoms with Gasteiger partial charge in [-0.15, -0.1) is 0 Å². The number of hydrogen-bond acceptors (Lipinski definition) is 3. The normalized spacial score (nSPS) is 10.4. The molecule has 0 bridgehead atoms. The van der Waals surface area contributed by atoms with Gasteiger partial charge in [0.05, 0.1) is 13.0 Å². The van der Waals surface area contributed by atoms with E-state index in [1.807, 2.05) is 42.5 Å². The molecule has 1 aromatic carbocycles. The predicted octanol–water partition coefficient (Wildman–Crippen LogP) is 2.55. The fraction of sp³-hybridized carbons (Fsp3) is 0.375. The molecular formula is C16H21NO3. The van der Waals surface area contributed by atoms with Gasteiger partial charge in [0.15, 0.2) is 0 Å². The third-order valence-electron chi connectivity index (χ3n) is 2.60. The molecule has 108 valence electrons. The zero-order valence-corrected chi connectivity index (χ0v) is 11.8. The zero-order chi connectivity index (χ0) is 14.6. The van der Waals surface area contributed by atoms with Crippen molar-refractivity contribution < 1.29 is 14.3 Å². The molecule has 0 aliphatic heterocycles. The molecule has 20 heavy (non-hydrogen) atoms. The Morgan fingerprint density at radius 3 is 2.65 bits per heavy atom. The van der Waals surface area contributed by atoms with E-state index < -0.39 is 0 Å². The van der Waals surface area contributed by atoms with Crippen LogP contribution in [0, 0.1) is 0 Å².